The highest BCUT2D eigenvalue weighted by molar-refractivity contribution is 4.89. The minimum absolute atomic E-state index is 0.583. The first kappa shape index (κ1) is 15.4. The lowest BCUT2D eigenvalue weighted by Gasteiger charge is -2.40. The summed E-state index contributed by atoms with van der Waals surface area (Å²) in [6.07, 6.45) is 3.66. The van der Waals surface area contributed by atoms with Gasteiger partial charge in [-0.1, -0.05) is 27.2 Å². The zero-order valence-corrected chi connectivity index (χ0v) is 13.2. The van der Waals surface area contributed by atoms with Crippen LogP contribution < -0.4 is 5.32 Å². The molecule has 1 aliphatic heterocycles. The van der Waals surface area contributed by atoms with Crippen LogP contribution in [0.1, 0.15) is 45.9 Å². The molecule has 1 aliphatic rings. The van der Waals surface area contributed by atoms with Crippen molar-refractivity contribution in [2.45, 2.75) is 58.7 Å². The van der Waals surface area contributed by atoms with E-state index in [1.807, 2.05) is 7.05 Å². The fourth-order valence-electron chi connectivity index (χ4n) is 3.04. The van der Waals surface area contributed by atoms with E-state index >= 15 is 0 Å². The van der Waals surface area contributed by atoms with E-state index in [2.05, 4.69) is 46.4 Å². The first-order chi connectivity index (χ1) is 9.58. The second-order valence-corrected chi connectivity index (χ2v) is 6.30. The fraction of sp³-hybridized carbons (Fsp3) is 0.929. The molecule has 0 saturated carbocycles. The van der Waals surface area contributed by atoms with Crippen molar-refractivity contribution in [3.05, 3.63) is 5.82 Å². The zero-order valence-electron chi connectivity index (χ0n) is 13.2. The number of nitrogens with one attached hydrogen (secondary N) is 1. The summed E-state index contributed by atoms with van der Waals surface area (Å²) in [6, 6.07) is 1.17. The van der Waals surface area contributed by atoms with Crippen LogP contribution in [0.2, 0.25) is 0 Å². The number of hydrogen-bond donors (Lipinski definition) is 1. The van der Waals surface area contributed by atoms with Crippen LogP contribution in [0.4, 0.5) is 0 Å². The van der Waals surface area contributed by atoms with Gasteiger partial charge in [0.25, 0.3) is 0 Å². The Morgan fingerprint density at radius 2 is 2.20 bits per heavy atom. The molecule has 0 spiro atoms. The molecule has 1 aromatic heterocycles. The van der Waals surface area contributed by atoms with Crippen LogP contribution in [0.25, 0.3) is 0 Å². The molecule has 0 radical (unpaired) electrons. The van der Waals surface area contributed by atoms with Gasteiger partial charge in [-0.2, -0.15) is 4.80 Å². The number of hydrogen-bond acceptors (Lipinski definition) is 5. The average Bonchev–Trinajstić information content (AvgIpc) is 2.77. The second kappa shape index (κ2) is 7.13. The van der Waals surface area contributed by atoms with Gasteiger partial charge >= 0.3 is 0 Å². The topological polar surface area (TPSA) is 58.9 Å². The molecule has 2 unspecified atom stereocenters. The van der Waals surface area contributed by atoms with Crippen molar-refractivity contribution in [3.8, 4) is 0 Å². The molecule has 0 amide bonds. The lowest BCUT2D eigenvalue weighted by atomic mass is 9.98. The predicted molar refractivity (Wildman–Crippen MR) is 79.1 cm³/mol. The molecule has 1 saturated heterocycles. The van der Waals surface area contributed by atoms with E-state index in [0.29, 0.717) is 12.1 Å². The quantitative estimate of drug-likeness (QED) is 0.848. The molecule has 0 bridgehead atoms. The highest BCUT2D eigenvalue weighted by atomic mass is 15.6. The lowest BCUT2D eigenvalue weighted by molar-refractivity contribution is 0.105. The summed E-state index contributed by atoms with van der Waals surface area (Å²) >= 11 is 0. The SMILES string of the molecule is CCCC1CNC(CC(C)C)CN1Cc1nnn(C)n1. The monoisotopic (exact) mass is 280 g/mol. The van der Waals surface area contributed by atoms with Crippen LogP contribution in [0.15, 0.2) is 0 Å². The smallest absolute Gasteiger partial charge is 0.188 e. The van der Waals surface area contributed by atoms with E-state index in [1.54, 1.807) is 0 Å². The van der Waals surface area contributed by atoms with Crippen LogP contribution in [0.3, 0.4) is 0 Å². The largest absolute Gasteiger partial charge is 0.311 e. The molecule has 1 aromatic rings. The molecule has 2 heterocycles. The molecule has 6 nitrogen and oxygen atoms in total. The number of aryl methyl sites for hydroxylation is 1. The van der Waals surface area contributed by atoms with Crippen molar-refractivity contribution in [2.24, 2.45) is 13.0 Å². The van der Waals surface area contributed by atoms with Crippen molar-refractivity contribution in [3.63, 3.8) is 0 Å². The van der Waals surface area contributed by atoms with Gasteiger partial charge in [0.15, 0.2) is 5.82 Å². The van der Waals surface area contributed by atoms with Crippen molar-refractivity contribution in [1.29, 1.82) is 0 Å². The third-order valence-electron chi connectivity index (χ3n) is 3.89. The van der Waals surface area contributed by atoms with Gasteiger partial charge in [-0.05, 0) is 24.0 Å². The Balaban J connectivity index is 1.98. The van der Waals surface area contributed by atoms with E-state index in [-0.39, 0.29) is 0 Å². The molecule has 0 aromatic carbocycles. The Morgan fingerprint density at radius 3 is 2.80 bits per heavy atom. The maximum absolute atomic E-state index is 4.32. The number of rotatable bonds is 6. The van der Waals surface area contributed by atoms with Gasteiger partial charge in [-0.15, -0.1) is 10.2 Å². The van der Waals surface area contributed by atoms with Gasteiger partial charge in [0.1, 0.15) is 0 Å². The van der Waals surface area contributed by atoms with Crippen LogP contribution in [-0.2, 0) is 13.6 Å². The third-order valence-corrected chi connectivity index (χ3v) is 3.89. The Hall–Kier alpha value is -1.01. The minimum Gasteiger partial charge on any atom is -0.311 e. The predicted octanol–water partition coefficient (Wildman–Crippen LogP) is 1.20. The highest BCUT2D eigenvalue weighted by Gasteiger charge is 2.28. The van der Waals surface area contributed by atoms with Gasteiger partial charge in [0.05, 0.1) is 13.6 Å². The minimum atomic E-state index is 0.583. The molecule has 2 atom stereocenters. The first-order valence-corrected chi connectivity index (χ1v) is 7.78. The zero-order chi connectivity index (χ0) is 14.5. The Kier molecular flexibility index (Phi) is 5.48. The molecule has 1 N–H and O–H groups in total. The molecule has 6 heteroatoms. The Labute approximate surface area is 121 Å². The van der Waals surface area contributed by atoms with Gasteiger partial charge in [-0.3, -0.25) is 4.90 Å². The number of piperazine rings is 1. The molecular formula is C14H28N6. The van der Waals surface area contributed by atoms with Gasteiger partial charge in [0, 0.05) is 25.2 Å². The van der Waals surface area contributed by atoms with E-state index in [4.69, 9.17) is 0 Å². The maximum Gasteiger partial charge on any atom is 0.188 e. The molecular weight excluding hydrogens is 252 g/mol. The van der Waals surface area contributed by atoms with E-state index in [9.17, 15) is 0 Å². The van der Waals surface area contributed by atoms with Gasteiger partial charge < -0.3 is 5.32 Å². The fourth-order valence-corrected chi connectivity index (χ4v) is 3.04. The Morgan fingerprint density at radius 1 is 1.40 bits per heavy atom. The third kappa shape index (κ3) is 4.24. The Bertz CT molecular complexity index is 402. The summed E-state index contributed by atoms with van der Waals surface area (Å²) in [5.74, 6) is 1.56. The standard InChI is InChI=1S/C14H28N6/c1-5-6-13-8-15-12(7-11(2)3)9-20(13)10-14-16-18-19(4)17-14/h11-13,15H,5-10H2,1-4H3. The van der Waals surface area contributed by atoms with Crippen molar-refractivity contribution in [2.75, 3.05) is 13.1 Å². The summed E-state index contributed by atoms with van der Waals surface area (Å²) in [5, 5.41) is 16.1. The second-order valence-electron chi connectivity index (χ2n) is 6.30. The molecule has 20 heavy (non-hydrogen) atoms. The summed E-state index contributed by atoms with van der Waals surface area (Å²) in [5.41, 5.74) is 0. The number of tetrazole rings is 1. The van der Waals surface area contributed by atoms with E-state index in [0.717, 1.165) is 31.4 Å². The van der Waals surface area contributed by atoms with Crippen molar-refractivity contribution in [1.82, 2.24) is 30.4 Å². The highest BCUT2D eigenvalue weighted by Crippen LogP contribution is 2.17. The normalized spacial score (nSPS) is 24.4. The molecule has 114 valence electrons. The summed E-state index contributed by atoms with van der Waals surface area (Å²) in [6.45, 7) is 9.79. The van der Waals surface area contributed by atoms with Crippen LogP contribution in [0.5, 0.6) is 0 Å². The van der Waals surface area contributed by atoms with Crippen molar-refractivity contribution < 1.29 is 0 Å². The van der Waals surface area contributed by atoms with Crippen LogP contribution >= 0.6 is 0 Å². The van der Waals surface area contributed by atoms with Crippen LogP contribution in [-0.4, -0.2) is 50.3 Å². The summed E-state index contributed by atoms with van der Waals surface area (Å²) in [4.78, 5) is 4.07. The lowest BCUT2D eigenvalue weighted by Crippen LogP contribution is -2.56. The number of aromatic nitrogens is 4. The summed E-state index contributed by atoms with van der Waals surface area (Å²) in [7, 11) is 1.82. The van der Waals surface area contributed by atoms with E-state index in [1.165, 1.54) is 24.1 Å². The van der Waals surface area contributed by atoms with Crippen molar-refractivity contribution >= 4 is 0 Å². The maximum atomic E-state index is 4.32. The van der Waals surface area contributed by atoms with Gasteiger partial charge in [-0.25, -0.2) is 0 Å². The molecule has 1 fully saturated rings. The van der Waals surface area contributed by atoms with Gasteiger partial charge in [0.2, 0.25) is 0 Å². The molecule has 2 rings (SSSR count). The van der Waals surface area contributed by atoms with E-state index < -0.39 is 0 Å². The number of nitrogens with zero attached hydrogens (tertiary/aromatic N) is 5. The average molecular weight is 280 g/mol. The van der Waals surface area contributed by atoms with Crippen LogP contribution in [0, 0.1) is 5.92 Å². The molecule has 0 aliphatic carbocycles. The first-order valence-electron chi connectivity index (χ1n) is 7.78. The summed E-state index contributed by atoms with van der Waals surface area (Å²) < 4.78 is 0.